The topological polar surface area (TPSA) is 0 Å². The van der Waals surface area contributed by atoms with Gasteiger partial charge in [-0.25, -0.2) is 0 Å². The van der Waals surface area contributed by atoms with Gasteiger partial charge in [-0.1, -0.05) is 66.8 Å². The van der Waals surface area contributed by atoms with Crippen molar-refractivity contribution in [3.63, 3.8) is 0 Å². The minimum Gasteiger partial charge on any atom is -0.117 e. The van der Waals surface area contributed by atoms with E-state index in [0.717, 1.165) is 0 Å². The number of hydrogen-bond donors (Lipinski definition) is 0. The van der Waals surface area contributed by atoms with Crippen LogP contribution in [0, 0.1) is 0 Å². The smallest absolute Gasteiger partial charge is 0.0700 e. The van der Waals surface area contributed by atoms with Crippen LogP contribution in [0.2, 0.25) is 0 Å². The lowest BCUT2D eigenvalue weighted by atomic mass is 9.90. The van der Waals surface area contributed by atoms with Gasteiger partial charge in [-0.3, -0.25) is 0 Å². The first kappa shape index (κ1) is 13.6. The summed E-state index contributed by atoms with van der Waals surface area (Å²) < 4.78 is 0. The highest BCUT2D eigenvalue weighted by molar-refractivity contribution is 6.28. The second-order valence-electron chi connectivity index (χ2n) is 5.80. The summed E-state index contributed by atoms with van der Waals surface area (Å²) in [4.78, 5) is 0. The predicted molar refractivity (Wildman–Crippen MR) is 95.2 cm³/mol. The highest BCUT2D eigenvalue weighted by Crippen LogP contribution is 2.40. The van der Waals surface area contributed by atoms with Crippen molar-refractivity contribution in [2.24, 2.45) is 0 Å². The lowest BCUT2D eigenvalue weighted by Gasteiger charge is -2.20. The van der Waals surface area contributed by atoms with Gasteiger partial charge in [0.2, 0.25) is 0 Å². The molecule has 0 amide bonds. The number of rotatable bonds is 2. The quantitative estimate of drug-likeness (QED) is 0.736. The second kappa shape index (κ2) is 5.30. The van der Waals surface area contributed by atoms with Crippen LogP contribution < -0.4 is 10.4 Å². The fraction of sp³-hybridized carbons (Fsp3) is 0.143. The number of allylic oxidation sites excluding steroid dienone is 3. The van der Waals surface area contributed by atoms with Crippen molar-refractivity contribution in [1.82, 2.24) is 0 Å². The van der Waals surface area contributed by atoms with Crippen molar-refractivity contribution in [2.45, 2.75) is 18.2 Å². The molecule has 22 heavy (non-hydrogen) atoms. The molecule has 2 unspecified atom stereocenters. The number of alkyl halides is 1. The van der Waals surface area contributed by atoms with Crippen LogP contribution >= 0.6 is 11.6 Å². The van der Waals surface area contributed by atoms with Crippen LogP contribution in [-0.2, 0) is 0 Å². The molecule has 2 aliphatic rings. The maximum absolute atomic E-state index is 6.97. The first-order chi connectivity index (χ1) is 10.8. The largest absolute Gasteiger partial charge is 0.117 e. The van der Waals surface area contributed by atoms with Crippen LogP contribution in [0.15, 0.2) is 66.3 Å². The Bertz CT molecular complexity index is 915. The molecule has 0 nitrogen and oxygen atoms in total. The van der Waals surface area contributed by atoms with Crippen molar-refractivity contribution in [3.8, 4) is 0 Å². The van der Waals surface area contributed by atoms with E-state index in [2.05, 4.69) is 79.8 Å². The second-order valence-corrected chi connectivity index (χ2v) is 6.28. The van der Waals surface area contributed by atoms with Crippen molar-refractivity contribution < 1.29 is 0 Å². The van der Waals surface area contributed by atoms with E-state index >= 15 is 0 Å². The van der Waals surface area contributed by atoms with Gasteiger partial charge in [-0.15, -0.1) is 11.6 Å². The summed E-state index contributed by atoms with van der Waals surface area (Å²) in [6, 6.07) is 17.0. The molecule has 0 saturated heterocycles. The van der Waals surface area contributed by atoms with E-state index in [-0.39, 0.29) is 11.3 Å². The lowest BCUT2D eigenvalue weighted by molar-refractivity contribution is 0.899. The Kier molecular flexibility index (Phi) is 3.28. The van der Waals surface area contributed by atoms with E-state index in [1.807, 2.05) is 0 Å². The maximum atomic E-state index is 6.97. The average Bonchev–Trinajstić information content (AvgIpc) is 3.15. The predicted octanol–water partition coefficient (Wildman–Crippen LogP) is 4.00. The zero-order valence-corrected chi connectivity index (χ0v) is 13.2. The minimum absolute atomic E-state index is 0.0500. The van der Waals surface area contributed by atoms with E-state index in [1.54, 1.807) is 0 Å². The molecule has 0 aromatic heterocycles. The summed E-state index contributed by atoms with van der Waals surface area (Å²) >= 11 is 6.97. The average molecular weight is 305 g/mol. The molecular formula is C21H17Cl. The van der Waals surface area contributed by atoms with E-state index in [1.165, 1.54) is 32.7 Å². The third-order valence-electron chi connectivity index (χ3n) is 4.61. The summed E-state index contributed by atoms with van der Waals surface area (Å²) in [5.41, 5.74) is 5.12. The number of hydrogen-bond acceptors (Lipinski definition) is 0. The number of fused-ring (bicyclic) bond motifs is 2. The molecule has 1 heteroatoms. The summed E-state index contributed by atoms with van der Waals surface area (Å²) in [5, 5.41) is 2.49. The first-order valence-corrected chi connectivity index (χ1v) is 8.12. The maximum Gasteiger partial charge on any atom is 0.0700 e. The Balaban J connectivity index is 1.87. The molecule has 2 aliphatic carbocycles. The Morgan fingerprint density at radius 1 is 1.05 bits per heavy atom. The fourth-order valence-electron chi connectivity index (χ4n) is 3.53. The van der Waals surface area contributed by atoms with Crippen LogP contribution in [0.4, 0.5) is 0 Å². The molecule has 0 heterocycles. The highest BCUT2D eigenvalue weighted by Gasteiger charge is 2.29. The molecule has 0 aliphatic heterocycles. The molecule has 2 atom stereocenters. The molecule has 2 aromatic carbocycles. The molecule has 2 aromatic rings. The van der Waals surface area contributed by atoms with Gasteiger partial charge < -0.3 is 0 Å². The monoisotopic (exact) mass is 304 g/mol. The van der Waals surface area contributed by atoms with Gasteiger partial charge in [-0.05, 0) is 45.7 Å². The van der Waals surface area contributed by atoms with Crippen molar-refractivity contribution in [2.75, 3.05) is 0 Å². The molecule has 0 saturated carbocycles. The van der Waals surface area contributed by atoms with Crippen molar-refractivity contribution >= 4 is 29.3 Å². The van der Waals surface area contributed by atoms with Gasteiger partial charge in [0.05, 0.1) is 5.38 Å². The molecule has 0 spiro atoms. The Labute approximate surface area is 135 Å². The SMILES string of the molecule is CC=C1C=c2ccccc2=C1C(Cl)C1C=Cc2ccccc21. The summed E-state index contributed by atoms with van der Waals surface area (Å²) in [5.74, 6) is 0.238. The normalized spacial score (nSPS) is 21.6. The van der Waals surface area contributed by atoms with Crippen LogP contribution in [0.3, 0.4) is 0 Å². The zero-order valence-electron chi connectivity index (χ0n) is 12.5. The molecule has 4 rings (SSSR count). The highest BCUT2D eigenvalue weighted by atomic mass is 35.5. The summed E-state index contributed by atoms with van der Waals surface area (Å²) in [6.45, 7) is 2.08. The van der Waals surface area contributed by atoms with Crippen molar-refractivity contribution in [3.05, 3.63) is 87.8 Å². The van der Waals surface area contributed by atoms with Gasteiger partial charge in [0.15, 0.2) is 0 Å². The van der Waals surface area contributed by atoms with Crippen molar-refractivity contribution in [1.29, 1.82) is 0 Å². The van der Waals surface area contributed by atoms with Crippen LogP contribution in [0.25, 0.3) is 17.7 Å². The third-order valence-corrected chi connectivity index (χ3v) is 5.10. The van der Waals surface area contributed by atoms with Crippen LogP contribution in [0.5, 0.6) is 0 Å². The van der Waals surface area contributed by atoms with Crippen LogP contribution in [-0.4, -0.2) is 5.38 Å². The van der Waals surface area contributed by atoms with Gasteiger partial charge in [0, 0.05) is 5.92 Å². The molecular weight excluding hydrogens is 288 g/mol. The zero-order chi connectivity index (χ0) is 15.1. The first-order valence-electron chi connectivity index (χ1n) is 7.68. The fourth-order valence-corrected chi connectivity index (χ4v) is 3.99. The summed E-state index contributed by atoms with van der Waals surface area (Å²) in [6.07, 6.45) is 8.83. The van der Waals surface area contributed by atoms with E-state index in [9.17, 15) is 0 Å². The van der Waals surface area contributed by atoms with Gasteiger partial charge in [-0.2, -0.15) is 0 Å². The Hall–Kier alpha value is -2.05. The molecule has 0 bridgehead atoms. The third kappa shape index (κ3) is 1.99. The molecule has 0 radical (unpaired) electrons. The Morgan fingerprint density at radius 3 is 2.68 bits per heavy atom. The van der Waals surface area contributed by atoms with Gasteiger partial charge in [0.1, 0.15) is 0 Å². The molecule has 0 fully saturated rings. The van der Waals surface area contributed by atoms with Gasteiger partial charge in [0.25, 0.3) is 0 Å². The van der Waals surface area contributed by atoms with E-state index in [4.69, 9.17) is 11.6 Å². The van der Waals surface area contributed by atoms with Gasteiger partial charge >= 0.3 is 0 Å². The van der Waals surface area contributed by atoms with Crippen LogP contribution in [0.1, 0.15) is 24.0 Å². The number of halogens is 1. The standard InChI is InChI=1S/C21H17Cl/c1-2-14-13-16-8-4-6-10-18(16)20(14)21(22)19-12-11-15-7-3-5-9-17(15)19/h2-13,19,21H,1H3. The minimum atomic E-state index is -0.0500. The summed E-state index contributed by atoms with van der Waals surface area (Å²) in [7, 11) is 0. The Morgan fingerprint density at radius 2 is 1.82 bits per heavy atom. The molecule has 0 N–H and O–H groups in total. The number of benzene rings is 2. The molecule has 108 valence electrons. The van der Waals surface area contributed by atoms with E-state index in [0.29, 0.717) is 0 Å². The lowest BCUT2D eigenvalue weighted by Crippen LogP contribution is -2.26. The van der Waals surface area contributed by atoms with E-state index < -0.39 is 0 Å².